The molecule has 1 saturated carbocycles. The number of rotatable bonds is 21. The molecule has 2 aromatic carbocycles. The number of esters is 1. The molecule has 0 saturated heterocycles. The molecule has 4 nitrogen and oxygen atoms in total. The largest absolute Gasteiger partial charge is 0.494 e. The van der Waals surface area contributed by atoms with Crippen LogP contribution in [0.15, 0.2) is 36.4 Å². The zero-order chi connectivity index (χ0) is 30.7. The van der Waals surface area contributed by atoms with Crippen LogP contribution in [0.5, 0.6) is 17.2 Å². The lowest BCUT2D eigenvalue weighted by molar-refractivity contribution is 0.0728. The first-order chi connectivity index (χ1) is 21.0. The first kappa shape index (κ1) is 34.9. The van der Waals surface area contributed by atoms with Crippen molar-refractivity contribution in [1.29, 1.82) is 0 Å². The van der Waals surface area contributed by atoms with Crippen LogP contribution in [0, 0.1) is 23.5 Å². The van der Waals surface area contributed by atoms with E-state index in [0.29, 0.717) is 19.0 Å². The van der Waals surface area contributed by atoms with Gasteiger partial charge >= 0.3 is 5.97 Å². The number of carbonyl (C=O) groups is 1. The summed E-state index contributed by atoms with van der Waals surface area (Å²) in [4.78, 5) is 12.6. The molecule has 1 aliphatic carbocycles. The van der Waals surface area contributed by atoms with Crippen LogP contribution < -0.4 is 14.2 Å². The minimum Gasteiger partial charge on any atom is -0.494 e. The van der Waals surface area contributed by atoms with E-state index in [0.717, 1.165) is 37.5 Å². The highest BCUT2D eigenvalue weighted by Crippen LogP contribution is 2.34. The van der Waals surface area contributed by atoms with E-state index in [-0.39, 0.29) is 11.5 Å². The minimum atomic E-state index is -1.26. The first-order valence-corrected chi connectivity index (χ1v) is 17.1. The molecule has 3 rings (SSSR count). The normalized spacial score (nSPS) is 16.7. The number of benzene rings is 2. The fourth-order valence-electron chi connectivity index (χ4n) is 6.04. The van der Waals surface area contributed by atoms with Gasteiger partial charge in [-0.3, -0.25) is 0 Å². The zero-order valence-electron chi connectivity index (χ0n) is 26.6. The Bertz CT molecular complexity index is 1050. The van der Waals surface area contributed by atoms with Crippen molar-refractivity contribution in [3.63, 3.8) is 0 Å². The summed E-state index contributed by atoms with van der Waals surface area (Å²) < 4.78 is 45.9. The third-order valence-corrected chi connectivity index (χ3v) is 8.76. The topological polar surface area (TPSA) is 44.8 Å². The van der Waals surface area contributed by atoms with Gasteiger partial charge in [0.2, 0.25) is 5.82 Å². The van der Waals surface area contributed by atoms with Gasteiger partial charge in [0.05, 0.1) is 18.8 Å². The average molecular weight is 601 g/mol. The summed E-state index contributed by atoms with van der Waals surface area (Å²) in [5.74, 6) is -0.898. The maximum Gasteiger partial charge on any atom is 0.346 e. The molecule has 0 heterocycles. The predicted octanol–water partition coefficient (Wildman–Crippen LogP) is 11.2. The van der Waals surface area contributed by atoms with Gasteiger partial charge in [-0.15, -0.1) is 0 Å². The van der Waals surface area contributed by atoms with E-state index in [1.807, 2.05) is 0 Å². The number of carbonyl (C=O) groups excluding carboxylic acids is 1. The smallest absolute Gasteiger partial charge is 0.346 e. The van der Waals surface area contributed by atoms with E-state index in [9.17, 15) is 13.6 Å². The van der Waals surface area contributed by atoms with Crippen molar-refractivity contribution in [1.82, 2.24) is 0 Å². The van der Waals surface area contributed by atoms with Crippen molar-refractivity contribution in [2.45, 2.75) is 129 Å². The van der Waals surface area contributed by atoms with E-state index in [1.54, 1.807) is 24.3 Å². The van der Waals surface area contributed by atoms with Crippen molar-refractivity contribution in [2.24, 2.45) is 11.8 Å². The lowest BCUT2D eigenvalue weighted by Gasteiger charge is -2.28. The number of halogens is 2. The summed E-state index contributed by atoms with van der Waals surface area (Å²) in [5, 5.41) is 0. The SMILES string of the molecule is CCCCCCCCCCOc1ccc(C(=O)Oc2ccc(OCCC[C@H]3CC[C@H](CCCCC)CC3)cc2)c(F)c1F. The third-order valence-electron chi connectivity index (χ3n) is 8.76. The molecule has 1 aliphatic rings. The summed E-state index contributed by atoms with van der Waals surface area (Å²) >= 11 is 0. The number of ether oxygens (including phenoxy) is 3. The minimum absolute atomic E-state index is 0.186. The van der Waals surface area contributed by atoms with Crippen molar-refractivity contribution in [3.05, 3.63) is 53.6 Å². The molecule has 0 N–H and O–H groups in total. The number of hydrogen-bond donors (Lipinski definition) is 0. The Balaban J connectivity index is 1.33. The van der Waals surface area contributed by atoms with Crippen molar-refractivity contribution in [3.8, 4) is 17.2 Å². The standard InChI is InChI=1S/C37H54F2O4/c1-3-5-7-8-9-10-11-13-27-42-34-26-25-33(35(38)36(34)39)37(40)43-32-23-21-31(22-24-32)41-28-14-16-30-19-17-29(18-20-30)15-12-6-4-2/h21-26,29-30H,3-20,27-28H2,1-2H3/t29-,30-. The molecule has 0 aromatic heterocycles. The van der Waals surface area contributed by atoms with E-state index in [1.165, 1.54) is 102 Å². The molecule has 0 unspecified atom stereocenters. The lowest BCUT2D eigenvalue weighted by atomic mass is 9.78. The molecule has 240 valence electrons. The molecule has 43 heavy (non-hydrogen) atoms. The van der Waals surface area contributed by atoms with Gasteiger partial charge in [0.1, 0.15) is 11.5 Å². The molecular formula is C37H54F2O4. The van der Waals surface area contributed by atoms with Crippen LogP contribution in [0.1, 0.15) is 140 Å². The quantitative estimate of drug-likeness (QED) is 0.0812. The molecule has 0 amide bonds. The van der Waals surface area contributed by atoms with Gasteiger partial charge in [-0.2, -0.15) is 4.39 Å². The van der Waals surface area contributed by atoms with E-state index < -0.39 is 23.2 Å². The molecule has 6 heteroatoms. The Morgan fingerprint density at radius 3 is 1.81 bits per heavy atom. The summed E-state index contributed by atoms with van der Waals surface area (Å²) in [6.07, 6.45) is 22.2. The summed E-state index contributed by atoms with van der Waals surface area (Å²) in [5.41, 5.74) is -0.466. The molecule has 0 spiro atoms. The second kappa shape index (κ2) is 20.3. The fraction of sp³-hybridized carbons (Fsp3) is 0.649. The molecule has 2 aromatic rings. The molecular weight excluding hydrogens is 546 g/mol. The van der Waals surface area contributed by atoms with Gasteiger partial charge in [-0.05, 0) is 67.5 Å². The van der Waals surface area contributed by atoms with Gasteiger partial charge in [-0.1, -0.05) is 110 Å². The monoisotopic (exact) mass is 600 g/mol. The third kappa shape index (κ3) is 12.9. The van der Waals surface area contributed by atoms with Gasteiger partial charge in [0.15, 0.2) is 11.6 Å². The molecule has 0 bridgehead atoms. The van der Waals surface area contributed by atoms with Crippen LogP contribution in [0.25, 0.3) is 0 Å². The van der Waals surface area contributed by atoms with Crippen LogP contribution >= 0.6 is 0 Å². The second-order valence-electron chi connectivity index (χ2n) is 12.3. The Morgan fingerprint density at radius 1 is 0.628 bits per heavy atom. The molecule has 0 atom stereocenters. The van der Waals surface area contributed by atoms with Crippen molar-refractivity contribution >= 4 is 5.97 Å². The van der Waals surface area contributed by atoms with Crippen LogP contribution in [0.3, 0.4) is 0 Å². The average Bonchev–Trinajstić information content (AvgIpc) is 3.02. The Kier molecular flexibility index (Phi) is 16.5. The van der Waals surface area contributed by atoms with Gasteiger partial charge < -0.3 is 14.2 Å². The van der Waals surface area contributed by atoms with E-state index in [2.05, 4.69) is 13.8 Å². The highest BCUT2D eigenvalue weighted by molar-refractivity contribution is 5.91. The summed E-state index contributed by atoms with van der Waals surface area (Å²) in [6.45, 7) is 5.42. The molecule has 1 fully saturated rings. The van der Waals surface area contributed by atoms with Gasteiger partial charge in [0, 0.05) is 0 Å². The number of unbranched alkanes of at least 4 members (excludes halogenated alkanes) is 9. The van der Waals surface area contributed by atoms with Gasteiger partial charge in [-0.25, -0.2) is 9.18 Å². The van der Waals surface area contributed by atoms with Gasteiger partial charge in [0.25, 0.3) is 0 Å². The highest BCUT2D eigenvalue weighted by atomic mass is 19.2. The predicted molar refractivity (Wildman–Crippen MR) is 170 cm³/mol. The van der Waals surface area contributed by atoms with E-state index in [4.69, 9.17) is 14.2 Å². The Morgan fingerprint density at radius 2 is 1.16 bits per heavy atom. The van der Waals surface area contributed by atoms with Crippen LogP contribution in [-0.4, -0.2) is 19.2 Å². The second-order valence-corrected chi connectivity index (χ2v) is 12.3. The molecule has 0 aliphatic heterocycles. The van der Waals surface area contributed by atoms with Crippen molar-refractivity contribution < 1.29 is 27.8 Å². The Hall–Kier alpha value is -2.63. The maximum atomic E-state index is 14.7. The first-order valence-electron chi connectivity index (χ1n) is 17.1. The fourth-order valence-corrected chi connectivity index (χ4v) is 6.04. The highest BCUT2D eigenvalue weighted by Gasteiger charge is 2.22. The van der Waals surface area contributed by atoms with Crippen LogP contribution in [0.4, 0.5) is 8.78 Å². The summed E-state index contributed by atoms with van der Waals surface area (Å²) in [7, 11) is 0. The van der Waals surface area contributed by atoms with Crippen molar-refractivity contribution in [2.75, 3.05) is 13.2 Å². The van der Waals surface area contributed by atoms with Crippen LogP contribution in [-0.2, 0) is 0 Å². The summed E-state index contributed by atoms with van der Waals surface area (Å²) in [6, 6.07) is 9.15. The number of hydrogen-bond acceptors (Lipinski definition) is 4. The zero-order valence-corrected chi connectivity index (χ0v) is 26.6. The maximum absolute atomic E-state index is 14.7. The lowest BCUT2D eigenvalue weighted by Crippen LogP contribution is -2.15. The van der Waals surface area contributed by atoms with E-state index >= 15 is 0 Å². The van der Waals surface area contributed by atoms with Crippen LogP contribution in [0.2, 0.25) is 0 Å². The molecule has 0 radical (unpaired) electrons. The Labute approximate surface area is 258 Å².